The van der Waals surface area contributed by atoms with Gasteiger partial charge in [0.05, 0.1) is 5.56 Å². The van der Waals surface area contributed by atoms with Gasteiger partial charge in [0.1, 0.15) is 10.4 Å². The minimum absolute atomic E-state index is 0. The fourth-order valence-electron chi connectivity index (χ4n) is 4.84. The largest absolute Gasteiger partial charge is 1.00 e. The summed E-state index contributed by atoms with van der Waals surface area (Å²) in [6.45, 7) is 1.30. The Bertz CT molecular complexity index is 1730. The smallest absolute Gasteiger partial charge is 0.876 e. The first-order valence-corrected chi connectivity index (χ1v) is 13.6. The Morgan fingerprint density at radius 1 is 0.902 bits per heavy atom. The quantitative estimate of drug-likeness (QED) is 0.137. The van der Waals surface area contributed by atoms with Crippen molar-refractivity contribution in [2.24, 2.45) is 5.92 Å². The van der Waals surface area contributed by atoms with Crippen LogP contribution >= 0.6 is 11.3 Å². The second kappa shape index (κ2) is 14.1. The molecule has 0 bridgehead atoms. The third kappa shape index (κ3) is 6.63. The zero-order chi connectivity index (χ0) is 26.6. The average molecular weight is 547 g/mol. The maximum absolute atomic E-state index is 11.2. The second-order valence-electron chi connectivity index (χ2n) is 9.23. The van der Waals surface area contributed by atoms with Gasteiger partial charge in [0.15, 0.2) is 6.20 Å². The van der Waals surface area contributed by atoms with Gasteiger partial charge in [-0.15, -0.1) is 29.0 Å². The molecule has 1 aliphatic carbocycles. The van der Waals surface area contributed by atoms with Crippen molar-refractivity contribution >= 4 is 32.5 Å². The van der Waals surface area contributed by atoms with Gasteiger partial charge in [0, 0.05) is 17.5 Å². The Balaban J connectivity index is 0.000000144. The fourth-order valence-corrected chi connectivity index (χ4v) is 6.01. The summed E-state index contributed by atoms with van der Waals surface area (Å²) in [5.74, 6) is 1.39. The Morgan fingerprint density at radius 2 is 1.71 bits per heavy atom. The summed E-state index contributed by atoms with van der Waals surface area (Å²) in [4.78, 5) is 2.91. The average Bonchev–Trinajstić information content (AvgIpc) is 3.38. The van der Waals surface area contributed by atoms with E-state index in [0.717, 1.165) is 11.1 Å². The Labute approximate surface area is 267 Å². The number of ether oxygens (including phenoxy) is 1. The predicted molar refractivity (Wildman–Crippen MR) is 150 cm³/mol. The van der Waals surface area contributed by atoms with Crippen molar-refractivity contribution in [3.8, 4) is 22.1 Å². The van der Waals surface area contributed by atoms with Crippen molar-refractivity contribution in [3.63, 3.8) is 0 Å². The summed E-state index contributed by atoms with van der Waals surface area (Å²) in [6, 6.07) is 25.6. The number of aromatic amines is 1. The van der Waals surface area contributed by atoms with Gasteiger partial charge in [-0.1, -0.05) is 72.0 Å². The van der Waals surface area contributed by atoms with Crippen molar-refractivity contribution in [2.75, 3.05) is 6.54 Å². The number of pyridine rings is 1. The van der Waals surface area contributed by atoms with E-state index in [4.69, 9.17) is 4.74 Å². The summed E-state index contributed by atoms with van der Waals surface area (Å²) in [6.07, 6.45) is 11.2. The molecule has 2 atom stereocenters. The van der Waals surface area contributed by atoms with E-state index in [-0.39, 0.29) is 61.2 Å². The van der Waals surface area contributed by atoms with Gasteiger partial charge in [-0.2, -0.15) is 0 Å². The van der Waals surface area contributed by atoms with Gasteiger partial charge >= 0.3 is 37.7 Å². The van der Waals surface area contributed by atoms with Crippen LogP contribution in [0.2, 0.25) is 0 Å². The number of hydrogen-bond acceptors (Lipinski definition) is 4. The first kappa shape index (κ1) is 30.7. The molecule has 3 aliphatic rings. The van der Waals surface area contributed by atoms with E-state index < -0.39 is 0 Å². The molecular formula is C32H26Li2N3O3S+. The van der Waals surface area contributed by atoms with Gasteiger partial charge in [-0.3, -0.25) is 0 Å². The third-order valence-electron chi connectivity index (χ3n) is 6.75. The van der Waals surface area contributed by atoms with Crippen LogP contribution < -0.4 is 62.2 Å². The van der Waals surface area contributed by atoms with Crippen LogP contribution in [0, 0.1) is 5.92 Å². The molecule has 0 amide bonds. The van der Waals surface area contributed by atoms with E-state index in [1.165, 1.54) is 20.8 Å². The van der Waals surface area contributed by atoms with Gasteiger partial charge in [0.2, 0.25) is 11.0 Å². The van der Waals surface area contributed by atoms with Crippen LogP contribution in [0.3, 0.4) is 0 Å². The Hall–Kier alpha value is -3.27. The number of nitrogens with one attached hydrogen (secondary N) is 1. The topological polar surface area (TPSA) is 87.5 Å². The molecular weight excluding hydrogens is 520 g/mol. The van der Waals surface area contributed by atoms with E-state index >= 15 is 0 Å². The predicted octanol–water partition coefficient (Wildman–Crippen LogP) is -1.33. The number of fused-ring (bicyclic) bond motifs is 7. The summed E-state index contributed by atoms with van der Waals surface area (Å²) in [5, 5.41) is 28.8. The maximum Gasteiger partial charge on any atom is 1.00 e. The standard InChI is InChI=1S/C14H10NOS.C9H10NO.C9H7NO.2Li/c1-3-7-12-10(5-1)14-15(9-16-12)11-6-2-4-8-13(11)17-14;2*11-8-5-1-3-7-4-2-6-10-9(7)8;;/h1-8H,9H2;1-5,7,9,11H,6H2;1-6,11H;;/q+1;-1;;2*+1/p-1. The van der Waals surface area contributed by atoms with E-state index in [0.29, 0.717) is 18.8 Å². The number of rotatable bonds is 0. The summed E-state index contributed by atoms with van der Waals surface area (Å²) < 4.78 is 9.33. The minimum Gasteiger partial charge on any atom is -0.876 e. The van der Waals surface area contributed by atoms with Crippen molar-refractivity contribution in [1.29, 1.82) is 0 Å². The number of benzene rings is 3. The third-order valence-corrected chi connectivity index (χ3v) is 7.95. The number of hydrogen-bond donors (Lipinski definition) is 0. The SMILES string of the molecule is [Li+].[Li+].[O-]C1=CC=CC2C=CC[N-]C12.[O-]c1cccc2ccc[nH+]c12.c1ccc2c(c1)OC[n+]1c-2sc2ccccc21. The molecule has 0 saturated heterocycles. The maximum atomic E-state index is 11.2. The molecule has 2 aromatic heterocycles. The van der Waals surface area contributed by atoms with Crippen molar-refractivity contribution in [1.82, 2.24) is 0 Å². The number of aromatic nitrogens is 2. The zero-order valence-corrected chi connectivity index (χ0v) is 23.9. The Kier molecular flexibility index (Phi) is 10.5. The molecule has 2 aliphatic heterocycles. The molecule has 0 spiro atoms. The molecule has 4 heterocycles. The van der Waals surface area contributed by atoms with Crippen LogP contribution in [0.15, 0.2) is 121 Å². The molecule has 41 heavy (non-hydrogen) atoms. The van der Waals surface area contributed by atoms with Crippen LogP contribution in [-0.4, -0.2) is 12.6 Å². The number of H-pyrrole nitrogens is 1. The molecule has 0 radical (unpaired) electrons. The van der Waals surface area contributed by atoms with Crippen molar-refractivity contribution in [2.45, 2.75) is 12.8 Å². The molecule has 6 nitrogen and oxygen atoms in total. The van der Waals surface area contributed by atoms with Crippen molar-refractivity contribution in [3.05, 3.63) is 127 Å². The van der Waals surface area contributed by atoms with E-state index in [9.17, 15) is 10.2 Å². The molecule has 2 unspecified atom stereocenters. The molecule has 0 fully saturated rings. The van der Waals surface area contributed by atoms with Crippen LogP contribution in [0.1, 0.15) is 0 Å². The van der Waals surface area contributed by atoms with E-state index in [2.05, 4.69) is 57.3 Å². The molecule has 8 rings (SSSR count). The molecule has 5 aromatic rings. The second-order valence-corrected chi connectivity index (χ2v) is 10.3. The monoisotopic (exact) mass is 546 g/mol. The summed E-state index contributed by atoms with van der Waals surface area (Å²) in [5.41, 5.74) is 3.12. The summed E-state index contributed by atoms with van der Waals surface area (Å²) in [7, 11) is 0. The minimum atomic E-state index is -0.120. The first-order chi connectivity index (χ1) is 19.2. The van der Waals surface area contributed by atoms with Crippen LogP contribution in [-0.2, 0) is 6.73 Å². The molecule has 3 aromatic carbocycles. The number of para-hydroxylation sites is 3. The van der Waals surface area contributed by atoms with Crippen molar-refractivity contribution < 1.29 is 62.2 Å². The number of thiazole rings is 1. The molecule has 194 valence electrons. The fraction of sp³-hybridized carbons (Fsp3) is 0.125. The van der Waals surface area contributed by atoms with Gasteiger partial charge < -0.3 is 20.3 Å². The molecule has 1 N–H and O–H groups in total. The first-order valence-electron chi connectivity index (χ1n) is 12.8. The van der Waals surface area contributed by atoms with Crippen LogP contribution in [0.4, 0.5) is 0 Å². The number of nitrogens with zero attached hydrogens (tertiary/aromatic N) is 2. The number of allylic oxidation sites excluding steroid dienone is 2. The Morgan fingerprint density at radius 3 is 2.56 bits per heavy atom. The molecule has 0 saturated carbocycles. The van der Waals surface area contributed by atoms with Crippen LogP contribution in [0.25, 0.3) is 37.0 Å². The molecule has 9 heteroatoms. The van der Waals surface area contributed by atoms with Gasteiger partial charge in [-0.05, 0) is 42.0 Å². The van der Waals surface area contributed by atoms with E-state index in [1.54, 1.807) is 24.4 Å². The van der Waals surface area contributed by atoms with E-state index in [1.807, 2.05) is 59.9 Å². The zero-order valence-electron chi connectivity index (χ0n) is 23.1. The van der Waals surface area contributed by atoms with Gasteiger partial charge in [-0.25, -0.2) is 4.98 Å². The summed E-state index contributed by atoms with van der Waals surface area (Å²) >= 11 is 1.83. The van der Waals surface area contributed by atoms with Crippen LogP contribution in [0.5, 0.6) is 11.5 Å². The normalized spacial score (nSPS) is 17.4. The van der Waals surface area contributed by atoms with Gasteiger partial charge in [0.25, 0.3) is 11.7 Å².